The molecule has 1 amide bonds. The second-order valence-corrected chi connectivity index (χ2v) is 6.02. The van der Waals surface area contributed by atoms with Crippen LogP contribution in [0.1, 0.15) is 24.4 Å². The molecular weight excluding hydrogens is 377 g/mol. The number of carbonyl (C=O) groups excluding carboxylic acids is 1. The fourth-order valence-corrected chi connectivity index (χ4v) is 2.63. The lowest BCUT2D eigenvalue weighted by Gasteiger charge is -2.16. The van der Waals surface area contributed by atoms with E-state index in [2.05, 4.69) is 5.32 Å². The molecule has 0 fully saturated rings. The van der Waals surface area contributed by atoms with E-state index < -0.39 is 23.7 Å². The fraction of sp³-hybridized carbons (Fsp3) is 0.263. The maximum Gasteiger partial charge on any atom is 0.330 e. The number of carbonyl (C=O) groups is 2. The number of hydrogen-bond acceptors (Lipinski definition) is 4. The molecule has 0 aromatic heterocycles. The molecule has 0 bridgehead atoms. The van der Waals surface area contributed by atoms with Crippen molar-refractivity contribution in [3.63, 3.8) is 0 Å². The van der Waals surface area contributed by atoms with E-state index in [-0.39, 0.29) is 23.8 Å². The van der Waals surface area contributed by atoms with E-state index in [0.29, 0.717) is 17.7 Å². The Balaban J connectivity index is 1.89. The van der Waals surface area contributed by atoms with Gasteiger partial charge in [0.2, 0.25) is 5.91 Å². The van der Waals surface area contributed by atoms with Crippen LogP contribution in [0.5, 0.6) is 11.5 Å². The predicted octanol–water partition coefficient (Wildman–Crippen LogP) is 3.59. The number of aliphatic carboxylic acids is 1. The van der Waals surface area contributed by atoms with Gasteiger partial charge >= 0.3 is 5.97 Å². The van der Waals surface area contributed by atoms with Crippen LogP contribution in [0.25, 0.3) is 0 Å². The van der Waals surface area contributed by atoms with Crippen LogP contribution in [0, 0.1) is 5.82 Å². The van der Waals surface area contributed by atoms with E-state index in [9.17, 15) is 19.1 Å². The monoisotopic (exact) mass is 395 g/mol. The van der Waals surface area contributed by atoms with Crippen LogP contribution in [0.15, 0.2) is 42.5 Å². The number of methoxy groups -OCH3 is 1. The van der Waals surface area contributed by atoms with Crippen molar-refractivity contribution in [2.24, 2.45) is 0 Å². The van der Waals surface area contributed by atoms with Gasteiger partial charge in [-0.15, -0.1) is 0 Å². The maximum atomic E-state index is 13.4. The van der Waals surface area contributed by atoms with E-state index in [1.807, 2.05) is 0 Å². The molecule has 0 radical (unpaired) electrons. The molecule has 0 aliphatic carbocycles. The average molecular weight is 396 g/mol. The molecule has 6 nitrogen and oxygen atoms in total. The van der Waals surface area contributed by atoms with Gasteiger partial charge in [-0.1, -0.05) is 29.8 Å². The van der Waals surface area contributed by atoms with Gasteiger partial charge in [0.05, 0.1) is 18.7 Å². The van der Waals surface area contributed by atoms with Crippen LogP contribution < -0.4 is 14.8 Å². The molecule has 0 heterocycles. The first-order valence-electron chi connectivity index (χ1n) is 8.15. The summed E-state index contributed by atoms with van der Waals surface area (Å²) in [7, 11) is 1.45. The third kappa shape index (κ3) is 5.86. The summed E-state index contributed by atoms with van der Waals surface area (Å²) in [6.45, 7) is 0.125. The van der Waals surface area contributed by atoms with Gasteiger partial charge < -0.3 is 19.9 Å². The van der Waals surface area contributed by atoms with Crippen molar-refractivity contribution < 1.29 is 28.6 Å². The molecule has 0 aliphatic rings. The van der Waals surface area contributed by atoms with Crippen molar-refractivity contribution in [3.05, 3.63) is 58.9 Å². The van der Waals surface area contributed by atoms with Crippen molar-refractivity contribution in [3.8, 4) is 11.5 Å². The molecule has 1 atom stereocenters. The van der Waals surface area contributed by atoms with Gasteiger partial charge in [0, 0.05) is 6.42 Å². The molecule has 2 aromatic carbocycles. The summed E-state index contributed by atoms with van der Waals surface area (Å²) in [5, 5.41) is 12.1. The van der Waals surface area contributed by atoms with Gasteiger partial charge in [0.1, 0.15) is 5.75 Å². The van der Waals surface area contributed by atoms with Gasteiger partial charge in [-0.3, -0.25) is 4.79 Å². The number of benzene rings is 2. The largest absolute Gasteiger partial charge is 0.495 e. The Hall–Kier alpha value is -2.80. The minimum Gasteiger partial charge on any atom is -0.495 e. The molecule has 2 N–H and O–H groups in total. The standard InChI is InChI=1S/C19H19ClFNO5/c1-26-15-9-8-12(11-13(15)20)18(19(24)25)22-17(23)7-4-10-27-16-6-3-2-5-14(16)21/h2-3,5-6,8-9,11,18H,4,7,10H2,1H3,(H,22,23)(H,24,25). The lowest BCUT2D eigenvalue weighted by Crippen LogP contribution is -2.33. The SMILES string of the molecule is COc1ccc(C(NC(=O)CCCOc2ccccc2F)C(=O)O)cc1Cl. The Bertz CT molecular complexity index is 814. The summed E-state index contributed by atoms with van der Waals surface area (Å²) in [6.07, 6.45) is 0.331. The van der Waals surface area contributed by atoms with Gasteiger partial charge in [-0.25, -0.2) is 9.18 Å². The average Bonchev–Trinajstić information content (AvgIpc) is 2.64. The zero-order valence-corrected chi connectivity index (χ0v) is 15.3. The van der Waals surface area contributed by atoms with Crippen molar-refractivity contribution in [1.82, 2.24) is 5.32 Å². The molecule has 27 heavy (non-hydrogen) atoms. The number of amides is 1. The molecule has 0 aliphatic heterocycles. The van der Waals surface area contributed by atoms with Gasteiger partial charge in [0.15, 0.2) is 17.6 Å². The Morgan fingerprint density at radius 2 is 1.96 bits per heavy atom. The van der Waals surface area contributed by atoms with E-state index in [1.54, 1.807) is 12.1 Å². The Labute approximate surface area is 160 Å². The Morgan fingerprint density at radius 3 is 2.59 bits per heavy atom. The van der Waals surface area contributed by atoms with E-state index >= 15 is 0 Å². The van der Waals surface area contributed by atoms with Crippen LogP contribution in [0.4, 0.5) is 4.39 Å². The molecule has 2 aromatic rings. The first kappa shape index (κ1) is 20.5. The molecular formula is C19H19ClFNO5. The lowest BCUT2D eigenvalue weighted by atomic mass is 10.1. The number of para-hydroxylation sites is 1. The highest BCUT2D eigenvalue weighted by Gasteiger charge is 2.23. The van der Waals surface area contributed by atoms with E-state index in [4.69, 9.17) is 21.1 Å². The third-order valence-corrected chi connectivity index (χ3v) is 4.00. The smallest absolute Gasteiger partial charge is 0.330 e. The van der Waals surface area contributed by atoms with Crippen LogP contribution >= 0.6 is 11.6 Å². The number of rotatable bonds is 9. The van der Waals surface area contributed by atoms with Gasteiger partial charge in [-0.05, 0) is 36.2 Å². The fourth-order valence-electron chi connectivity index (χ4n) is 2.36. The van der Waals surface area contributed by atoms with Gasteiger partial charge in [0.25, 0.3) is 0 Å². The quantitative estimate of drug-likeness (QED) is 0.634. The van der Waals surface area contributed by atoms with Crippen molar-refractivity contribution in [2.75, 3.05) is 13.7 Å². The van der Waals surface area contributed by atoms with E-state index in [0.717, 1.165) is 0 Å². The molecule has 144 valence electrons. The Kier molecular flexibility index (Phi) is 7.43. The number of ether oxygens (including phenoxy) is 2. The molecule has 0 saturated heterocycles. The zero-order chi connectivity index (χ0) is 19.8. The van der Waals surface area contributed by atoms with Crippen LogP contribution in [-0.2, 0) is 9.59 Å². The minimum atomic E-state index is -1.24. The molecule has 8 heteroatoms. The zero-order valence-electron chi connectivity index (χ0n) is 14.6. The highest BCUT2D eigenvalue weighted by atomic mass is 35.5. The topological polar surface area (TPSA) is 84.9 Å². The first-order chi connectivity index (χ1) is 12.9. The highest BCUT2D eigenvalue weighted by molar-refractivity contribution is 6.32. The van der Waals surface area contributed by atoms with Crippen LogP contribution in [0.3, 0.4) is 0 Å². The van der Waals surface area contributed by atoms with Crippen molar-refractivity contribution in [1.29, 1.82) is 0 Å². The minimum absolute atomic E-state index is 0.0299. The summed E-state index contributed by atoms with van der Waals surface area (Å²) in [4.78, 5) is 23.6. The number of carboxylic acids is 1. The Morgan fingerprint density at radius 1 is 1.22 bits per heavy atom. The molecule has 0 spiro atoms. The summed E-state index contributed by atoms with van der Waals surface area (Å²) < 4.78 is 23.7. The third-order valence-electron chi connectivity index (χ3n) is 3.70. The second-order valence-electron chi connectivity index (χ2n) is 5.62. The number of halogens is 2. The highest BCUT2D eigenvalue weighted by Crippen LogP contribution is 2.27. The summed E-state index contributed by atoms with van der Waals surface area (Å²) >= 11 is 6.01. The number of nitrogens with one attached hydrogen (secondary N) is 1. The predicted molar refractivity (Wildman–Crippen MR) is 97.7 cm³/mol. The van der Waals surface area contributed by atoms with E-state index in [1.165, 1.54) is 37.4 Å². The van der Waals surface area contributed by atoms with Crippen LogP contribution in [0.2, 0.25) is 5.02 Å². The summed E-state index contributed by atoms with van der Waals surface area (Å²) in [5.74, 6) is -1.65. The number of hydrogen-bond donors (Lipinski definition) is 2. The summed E-state index contributed by atoms with van der Waals surface area (Å²) in [6, 6.07) is 9.19. The summed E-state index contributed by atoms with van der Waals surface area (Å²) in [5.41, 5.74) is 0.323. The van der Waals surface area contributed by atoms with Crippen molar-refractivity contribution >= 4 is 23.5 Å². The normalized spacial score (nSPS) is 11.5. The molecule has 1 unspecified atom stereocenters. The van der Waals surface area contributed by atoms with Crippen molar-refractivity contribution in [2.45, 2.75) is 18.9 Å². The van der Waals surface area contributed by atoms with Crippen LogP contribution in [-0.4, -0.2) is 30.7 Å². The molecule has 2 rings (SSSR count). The lowest BCUT2D eigenvalue weighted by molar-refractivity contribution is -0.142. The first-order valence-corrected chi connectivity index (χ1v) is 8.53. The second kappa shape index (κ2) is 9.78. The number of carboxylic acid groups (broad SMARTS) is 1. The molecule has 0 saturated carbocycles. The van der Waals surface area contributed by atoms with Gasteiger partial charge in [-0.2, -0.15) is 0 Å². The maximum absolute atomic E-state index is 13.4.